The smallest absolute Gasteiger partial charge is 0.406 e. The van der Waals surface area contributed by atoms with Crippen molar-refractivity contribution in [3.05, 3.63) is 24.3 Å². The molecule has 0 amide bonds. The monoisotopic (exact) mass is 331 g/mol. The number of guanidine groups is 1. The number of hydrogen-bond acceptors (Lipinski definition) is 3. The zero-order valence-electron chi connectivity index (χ0n) is 13.0. The van der Waals surface area contributed by atoms with E-state index in [1.807, 2.05) is 13.8 Å². The molecule has 0 radical (unpaired) electrons. The van der Waals surface area contributed by atoms with E-state index in [0.29, 0.717) is 12.2 Å². The van der Waals surface area contributed by atoms with E-state index in [2.05, 4.69) is 15.0 Å². The predicted octanol–water partition coefficient (Wildman–Crippen LogP) is 3.27. The van der Waals surface area contributed by atoms with E-state index < -0.39 is 6.36 Å². The van der Waals surface area contributed by atoms with Crippen LogP contribution in [0.25, 0.3) is 0 Å². The summed E-state index contributed by atoms with van der Waals surface area (Å²) in [7, 11) is 0. The first-order chi connectivity index (χ1) is 10.6. The van der Waals surface area contributed by atoms with Crippen LogP contribution in [0.3, 0.4) is 0 Å². The van der Waals surface area contributed by atoms with Gasteiger partial charge in [-0.05, 0) is 38.8 Å². The average molecular weight is 331 g/mol. The van der Waals surface area contributed by atoms with Crippen molar-refractivity contribution in [2.75, 3.05) is 11.9 Å². The molecule has 1 saturated heterocycles. The highest BCUT2D eigenvalue weighted by Gasteiger charge is 2.32. The van der Waals surface area contributed by atoms with E-state index >= 15 is 0 Å². The predicted molar refractivity (Wildman–Crippen MR) is 81.4 cm³/mol. The highest BCUT2D eigenvalue weighted by Crippen LogP contribution is 2.29. The molecule has 0 aliphatic carbocycles. The molecule has 1 unspecified atom stereocenters. The Morgan fingerprint density at radius 2 is 2.22 bits per heavy atom. The number of nitrogens with one attached hydrogen (secondary N) is 1. The summed E-state index contributed by atoms with van der Waals surface area (Å²) in [6.07, 6.45) is -2.87. The van der Waals surface area contributed by atoms with Crippen LogP contribution in [0.15, 0.2) is 29.3 Å². The van der Waals surface area contributed by atoms with Crippen LogP contribution in [-0.4, -0.2) is 30.6 Å². The average Bonchev–Trinajstić information content (AvgIpc) is 2.74. The van der Waals surface area contributed by atoms with Crippen LogP contribution in [0.2, 0.25) is 0 Å². The van der Waals surface area contributed by atoms with Gasteiger partial charge in [-0.3, -0.25) is 4.99 Å². The van der Waals surface area contributed by atoms with Gasteiger partial charge in [0.2, 0.25) is 0 Å². The molecule has 3 N–H and O–H groups in total. The second-order valence-corrected chi connectivity index (χ2v) is 5.96. The summed E-state index contributed by atoms with van der Waals surface area (Å²) in [5.74, 6) is -0.210. The fourth-order valence-electron chi connectivity index (χ4n) is 2.36. The molecule has 1 aromatic rings. The molecule has 128 valence electrons. The maximum atomic E-state index is 12.2. The van der Waals surface area contributed by atoms with Gasteiger partial charge < -0.3 is 20.5 Å². The second kappa shape index (κ2) is 6.66. The van der Waals surface area contributed by atoms with E-state index in [1.165, 1.54) is 18.2 Å². The van der Waals surface area contributed by atoms with Crippen molar-refractivity contribution in [2.45, 2.75) is 44.8 Å². The SMILES string of the molecule is CC1(C)CCC(CN=C(N)Nc2cccc(OC(F)(F)F)c2)O1. The van der Waals surface area contributed by atoms with Gasteiger partial charge in [-0.2, -0.15) is 0 Å². The minimum Gasteiger partial charge on any atom is -0.406 e. The molecule has 1 aromatic carbocycles. The normalized spacial score (nSPS) is 21.3. The van der Waals surface area contributed by atoms with Gasteiger partial charge in [-0.25, -0.2) is 0 Å². The number of halogens is 3. The van der Waals surface area contributed by atoms with Crippen molar-refractivity contribution >= 4 is 11.6 Å². The lowest BCUT2D eigenvalue weighted by Crippen LogP contribution is -2.26. The van der Waals surface area contributed by atoms with Gasteiger partial charge in [0.25, 0.3) is 0 Å². The van der Waals surface area contributed by atoms with Crippen LogP contribution in [0.5, 0.6) is 5.75 Å². The summed E-state index contributed by atoms with van der Waals surface area (Å²) in [6.45, 7) is 4.44. The van der Waals surface area contributed by atoms with Crippen LogP contribution in [-0.2, 0) is 4.74 Å². The molecular weight excluding hydrogens is 311 g/mol. The maximum Gasteiger partial charge on any atom is 0.573 e. The molecular formula is C15H20F3N3O2. The Balaban J connectivity index is 1.91. The number of anilines is 1. The number of benzene rings is 1. The van der Waals surface area contributed by atoms with Crippen LogP contribution in [0.4, 0.5) is 18.9 Å². The number of nitrogens with zero attached hydrogens (tertiary/aromatic N) is 1. The first-order valence-corrected chi connectivity index (χ1v) is 7.23. The highest BCUT2D eigenvalue weighted by atomic mass is 19.4. The molecule has 0 saturated carbocycles. The van der Waals surface area contributed by atoms with E-state index in [4.69, 9.17) is 10.5 Å². The fourth-order valence-corrected chi connectivity index (χ4v) is 2.36. The lowest BCUT2D eigenvalue weighted by molar-refractivity contribution is -0.274. The third-order valence-corrected chi connectivity index (χ3v) is 3.36. The number of aliphatic imine (C=N–C) groups is 1. The Labute approximate surface area is 132 Å². The van der Waals surface area contributed by atoms with Crippen LogP contribution >= 0.6 is 0 Å². The van der Waals surface area contributed by atoms with E-state index in [-0.39, 0.29) is 23.4 Å². The van der Waals surface area contributed by atoms with Crippen molar-refractivity contribution in [2.24, 2.45) is 10.7 Å². The quantitative estimate of drug-likeness (QED) is 0.656. The van der Waals surface area contributed by atoms with Crippen molar-refractivity contribution in [3.63, 3.8) is 0 Å². The summed E-state index contributed by atoms with van der Waals surface area (Å²) in [6, 6.07) is 5.41. The van der Waals surface area contributed by atoms with Gasteiger partial charge in [0, 0.05) is 11.8 Å². The van der Waals surface area contributed by atoms with E-state index in [9.17, 15) is 13.2 Å². The minimum absolute atomic E-state index is 0.00486. The Kier molecular flexibility index (Phi) is 5.03. The van der Waals surface area contributed by atoms with Gasteiger partial charge >= 0.3 is 6.36 Å². The summed E-state index contributed by atoms with van der Waals surface area (Å²) >= 11 is 0. The maximum absolute atomic E-state index is 12.2. The van der Waals surface area contributed by atoms with Crippen molar-refractivity contribution < 1.29 is 22.6 Å². The Morgan fingerprint density at radius 3 is 2.83 bits per heavy atom. The first kappa shape index (κ1) is 17.4. The minimum atomic E-state index is -4.73. The Hall–Kier alpha value is -1.96. The summed E-state index contributed by atoms with van der Waals surface area (Å²) in [5.41, 5.74) is 5.96. The van der Waals surface area contributed by atoms with Gasteiger partial charge in [-0.15, -0.1) is 13.2 Å². The zero-order chi connectivity index (χ0) is 17.1. The number of rotatable bonds is 4. The molecule has 2 rings (SSSR count). The Bertz CT molecular complexity index is 573. The molecule has 1 fully saturated rings. The molecule has 0 aromatic heterocycles. The third kappa shape index (κ3) is 5.97. The van der Waals surface area contributed by atoms with Crippen molar-refractivity contribution in [1.29, 1.82) is 0 Å². The molecule has 5 nitrogen and oxygen atoms in total. The topological polar surface area (TPSA) is 68.9 Å². The molecule has 1 aliphatic rings. The van der Waals surface area contributed by atoms with Crippen LogP contribution in [0.1, 0.15) is 26.7 Å². The molecule has 1 aliphatic heterocycles. The fraction of sp³-hybridized carbons (Fsp3) is 0.533. The van der Waals surface area contributed by atoms with Crippen molar-refractivity contribution in [3.8, 4) is 5.75 Å². The molecule has 23 heavy (non-hydrogen) atoms. The van der Waals surface area contributed by atoms with Gasteiger partial charge in [-0.1, -0.05) is 6.07 Å². The van der Waals surface area contributed by atoms with Gasteiger partial charge in [0.05, 0.1) is 18.2 Å². The standard InChI is InChI=1S/C15H20F3N3O2/c1-14(2)7-6-12(22-14)9-20-13(19)21-10-4-3-5-11(8-10)23-15(16,17)18/h3-5,8,12H,6-7,9H2,1-2H3,(H3,19,20,21). The summed E-state index contributed by atoms with van der Waals surface area (Å²) in [5, 5.41) is 2.74. The molecule has 1 heterocycles. The highest BCUT2D eigenvalue weighted by molar-refractivity contribution is 5.92. The zero-order valence-corrected chi connectivity index (χ0v) is 13.0. The van der Waals surface area contributed by atoms with Gasteiger partial charge in [0.15, 0.2) is 5.96 Å². The number of ether oxygens (including phenoxy) is 2. The molecule has 8 heteroatoms. The second-order valence-electron chi connectivity index (χ2n) is 5.96. The number of alkyl halides is 3. The number of hydrogen-bond donors (Lipinski definition) is 2. The third-order valence-electron chi connectivity index (χ3n) is 3.36. The van der Waals surface area contributed by atoms with Crippen molar-refractivity contribution in [1.82, 2.24) is 0 Å². The lowest BCUT2D eigenvalue weighted by Gasteiger charge is -2.18. The summed E-state index contributed by atoms with van der Waals surface area (Å²) in [4.78, 5) is 4.17. The van der Waals surface area contributed by atoms with E-state index in [1.54, 1.807) is 6.07 Å². The molecule has 0 spiro atoms. The lowest BCUT2D eigenvalue weighted by atomic mass is 10.1. The largest absolute Gasteiger partial charge is 0.573 e. The first-order valence-electron chi connectivity index (χ1n) is 7.23. The Morgan fingerprint density at radius 1 is 1.48 bits per heavy atom. The number of nitrogens with two attached hydrogens (primary N) is 1. The van der Waals surface area contributed by atoms with Crippen LogP contribution < -0.4 is 15.8 Å². The molecule has 0 bridgehead atoms. The molecule has 1 atom stereocenters. The summed E-state index contributed by atoms with van der Waals surface area (Å²) < 4.78 is 46.2. The van der Waals surface area contributed by atoms with E-state index in [0.717, 1.165) is 12.8 Å². The van der Waals surface area contributed by atoms with Gasteiger partial charge in [0.1, 0.15) is 5.75 Å². The van der Waals surface area contributed by atoms with Crippen LogP contribution in [0, 0.1) is 0 Å².